The molecule has 0 spiro atoms. The Bertz CT molecular complexity index is 952. The fourth-order valence-electron chi connectivity index (χ4n) is 3.62. The molecule has 0 aliphatic carbocycles. The molecule has 1 N–H and O–H groups in total. The van der Waals surface area contributed by atoms with Crippen LogP contribution in [0.3, 0.4) is 0 Å². The number of aliphatic carboxylic acids is 1. The number of carboxylic acid groups (broad SMARTS) is 1. The minimum atomic E-state index is -0.711. The van der Waals surface area contributed by atoms with E-state index in [4.69, 9.17) is 21.7 Å². The number of unbranched alkanes of at least 4 members (excludes halogenated alkanes) is 7. The van der Waals surface area contributed by atoms with Gasteiger partial charge in [-0.2, -0.15) is 0 Å². The molecule has 170 valence electrons. The molecule has 1 aliphatic rings. The Morgan fingerprint density at radius 1 is 0.969 bits per heavy atom. The van der Waals surface area contributed by atoms with Gasteiger partial charge in [0.05, 0.1) is 4.91 Å². The SMILES string of the molecule is O=C(O)CCCCCCCCCCN1C(=O)C(=Cc2ccc(-c3ccccc3)o2)SC1=S. The minimum absolute atomic E-state index is 0.0453. The zero-order chi connectivity index (χ0) is 22.8. The van der Waals surface area contributed by atoms with Crippen LogP contribution in [0.2, 0.25) is 0 Å². The second-order valence-corrected chi connectivity index (χ2v) is 9.55. The predicted octanol–water partition coefficient (Wildman–Crippen LogP) is 6.74. The number of carboxylic acids is 1. The summed E-state index contributed by atoms with van der Waals surface area (Å²) in [6, 6.07) is 13.6. The highest BCUT2D eigenvalue weighted by molar-refractivity contribution is 8.26. The number of carbonyl (C=O) groups is 2. The third kappa shape index (κ3) is 7.35. The number of thioether (sulfide) groups is 1. The van der Waals surface area contributed by atoms with Crippen LogP contribution in [0.15, 0.2) is 51.8 Å². The van der Waals surface area contributed by atoms with Gasteiger partial charge in [-0.1, -0.05) is 92.8 Å². The van der Waals surface area contributed by atoms with Gasteiger partial charge in [0.1, 0.15) is 15.8 Å². The fourth-order valence-corrected chi connectivity index (χ4v) is 4.91. The highest BCUT2D eigenvalue weighted by Gasteiger charge is 2.31. The Hall–Kier alpha value is -2.38. The lowest BCUT2D eigenvalue weighted by molar-refractivity contribution is -0.137. The van der Waals surface area contributed by atoms with Crippen LogP contribution in [0.1, 0.15) is 63.5 Å². The highest BCUT2D eigenvalue weighted by atomic mass is 32.2. The van der Waals surface area contributed by atoms with E-state index in [1.54, 1.807) is 11.0 Å². The van der Waals surface area contributed by atoms with Gasteiger partial charge in [0, 0.05) is 24.6 Å². The molecular formula is C25H29NO4S2. The number of benzene rings is 1. The summed E-state index contributed by atoms with van der Waals surface area (Å²) in [4.78, 5) is 25.6. The van der Waals surface area contributed by atoms with E-state index in [9.17, 15) is 9.59 Å². The molecule has 1 fully saturated rings. The van der Waals surface area contributed by atoms with E-state index >= 15 is 0 Å². The first-order chi connectivity index (χ1) is 15.5. The van der Waals surface area contributed by atoms with Crippen molar-refractivity contribution in [3.05, 3.63) is 53.1 Å². The molecule has 0 saturated carbocycles. The fraction of sp³-hybridized carbons (Fsp3) is 0.400. The third-order valence-corrected chi connectivity index (χ3v) is 6.73. The van der Waals surface area contributed by atoms with Crippen LogP contribution in [0.4, 0.5) is 0 Å². The lowest BCUT2D eigenvalue weighted by atomic mass is 10.1. The van der Waals surface area contributed by atoms with E-state index < -0.39 is 5.97 Å². The summed E-state index contributed by atoms with van der Waals surface area (Å²) >= 11 is 6.76. The minimum Gasteiger partial charge on any atom is -0.481 e. The van der Waals surface area contributed by atoms with Gasteiger partial charge >= 0.3 is 5.97 Å². The predicted molar refractivity (Wildman–Crippen MR) is 133 cm³/mol. The van der Waals surface area contributed by atoms with Gasteiger partial charge < -0.3 is 9.52 Å². The van der Waals surface area contributed by atoms with Gasteiger partial charge in [-0.15, -0.1) is 0 Å². The zero-order valence-electron chi connectivity index (χ0n) is 18.1. The largest absolute Gasteiger partial charge is 0.481 e. The van der Waals surface area contributed by atoms with Crippen LogP contribution in [0.5, 0.6) is 0 Å². The first-order valence-corrected chi connectivity index (χ1v) is 12.4. The van der Waals surface area contributed by atoms with E-state index in [1.165, 1.54) is 11.8 Å². The number of carbonyl (C=O) groups excluding carboxylic acids is 1. The summed E-state index contributed by atoms with van der Waals surface area (Å²) in [6.07, 6.45) is 10.3. The molecule has 2 aromatic rings. The first kappa shape index (κ1) is 24.3. The second-order valence-electron chi connectivity index (χ2n) is 7.87. The molecule has 0 unspecified atom stereocenters. The quantitative estimate of drug-likeness (QED) is 0.198. The molecule has 1 aromatic carbocycles. The Balaban J connectivity index is 1.38. The molecule has 7 heteroatoms. The van der Waals surface area contributed by atoms with Crippen molar-refractivity contribution >= 4 is 46.3 Å². The maximum Gasteiger partial charge on any atom is 0.303 e. The summed E-state index contributed by atoms with van der Waals surface area (Å²) in [5.74, 6) is 0.662. The highest BCUT2D eigenvalue weighted by Crippen LogP contribution is 2.33. The molecule has 1 aliphatic heterocycles. The van der Waals surface area contributed by atoms with Crippen molar-refractivity contribution in [3.8, 4) is 11.3 Å². The molecule has 1 saturated heterocycles. The Morgan fingerprint density at radius 2 is 1.62 bits per heavy atom. The molecule has 3 rings (SSSR count). The molecule has 0 atom stereocenters. The third-order valence-electron chi connectivity index (χ3n) is 5.35. The topological polar surface area (TPSA) is 70.8 Å². The Morgan fingerprint density at radius 3 is 2.31 bits per heavy atom. The number of rotatable bonds is 13. The molecule has 5 nitrogen and oxygen atoms in total. The number of hydrogen-bond acceptors (Lipinski definition) is 5. The van der Waals surface area contributed by atoms with Gasteiger partial charge in [-0.3, -0.25) is 14.5 Å². The van der Waals surface area contributed by atoms with Gasteiger partial charge in [-0.25, -0.2) is 0 Å². The van der Waals surface area contributed by atoms with Gasteiger partial charge in [0.25, 0.3) is 5.91 Å². The average Bonchev–Trinajstić information content (AvgIpc) is 3.35. The zero-order valence-corrected chi connectivity index (χ0v) is 19.8. The normalized spacial score (nSPS) is 15.1. The smallest absolute Gasteiger partial charge is 0.303 e. The Kier molecular flexibility index (Phi) is 9.56. The summed E-state index contributed by atoms with van der Waals surface area (Å²) < 4.78 is 6.50. The maximum atomic E-state index is 12.8. The van der Waals surface area contributed by atoms with Gasteiger partial charge in [-0.05, 0) is 25.0 Å². The van der Waals surface area contributed by atoms with Crippen molar-refractivity contribution in [2.24, 2.45) is 0 Å². The number of furan rings is 1. The van der Waals surface area contributed by atoms with Crippen molar-refractivity contribution in [3.63, 3.8) is 0 Å². The summed E-state index contributed by atoms with van der Waals surface area (Å²) in [5.41, 5.74) is 1.000. The van der Waals surface area contributed by atoms with Crippen molar-refractivity contribution in [2.75, 3.05) is 6.54 Å². The first-order valence-electron chi connectivity index (χ1n) is 11.2. The lowest BCUT2D eigenvalue weighted by Gasteiger charge is -2.14. The molecule has 2 heterocycles. The number of thiocarbonyl (C=S) groups is 1. The van der Waals surface area contributed by atoms with Crippen molar-refractivity contribution < 1.29 is 19.1 Å². The Labute approximate surface area is 198 Å². The van der Waals surface area contributed by atoms with Crippen LogP contribution in [0, 0.1) is 0 Å². The van der Waals surface area contributed by atoms with Crippen LogP contribution in [0.25, 0.3) is 17.4 Å². The van der Waals surface area contributed by atoms with E-state index in [-0.39, 0.29) is 12.3 Å². The van der Waals surface area contributed by atoms with Crippen LogP contribution in [-0.2, 0) is 9.59 Å². The van der Waals surface area contributed by atoms with Crippen molar-refractivity contribution in [1.82, 2.24) is 4.90 Å². The van der Waals surface area contributed by atoms with Crippen LogP contribution in [-0.4, -0.2) is 32.7 Å². The van der Waals surface area contributed by atoms with Crippen molar-refractivity contribution in [2.45, 2.75) is 57.8 Å². The molecule has 1 amide bonds. The van der Waals surface area contributed by atoms with E-state index in [1.807, 2.05) is 42.5 Å². The van der Waals surface area contributed by atoms with Gasteiger partial charge in [0.15, 0.2) is 0 Å². The standard InChI is InChI=1S/C25H29NO4S2/c27-23(28)14-10-5-3-1-2-4-6-11-17-26-24(29)22(32-25(26)31)18-20-15-16-21(30-20)19-12-8-7-9-13-19/h7-9,12-13,15-16,18H,1-6,10-11,14,17H2,(H,27,28). The number of hydrogen-bond donors (Lipinski definition) is 1. The molecule has 32 heavy (non-hydrogen) atoms. The lowest BCUT2D eigenvalue weighted by Crippen LogP contribution is -2.28. The van der Waals surface area contributed by atoms with E-state index in [0.29, 0.717) is 21.5 Å². The van der Waals surface area contributed by atoms with Crippen LogP contribution < -0.4 is 0 Å². The average molecular weight is 472 g/mol. The second kappa shape index (κ2) is 12.6. The molecular weight excluding hydrogens is 442 g/mol. The monoisotopic (exact) mass is 471 g/mol. The van der Waals surface area contributed by atoms with Crippen LogP contribution >= 0.6 is 24.0 Å². The molecule has 0 bridgehead atoms. The number of amides is 1. The van der Waals surface area contributed by atoms with Gasteiger partial charge in [0.2, 0.25) is 0 Å². The van der Waals surface area contributed by atoms with E-state index in [2.05, 4.69) is 0 Å². The van der Waals surface area contributed by atoms with E-state index in [0.717, 1.165) is 62.7 Å². The summed E-state index contributed by atoms with van der Waals surface area (Å²) in [5, 5.41) is 8.63. The summed E-state index contributed by atoms with van der Waals surface area (Å²) in [6.45, 7) is 0.647. The maximum absolute atomic E-state index is 12.8. The molecule has 1 aromatic heterocycles. The molecule has 0 radical (unpaired) electrons. The summed E-state index contributed by atoms with van der Waals surface area (Å²) in [7, 11) is 0. The number of nitrogens with zero attached hydrogens (tertiary/aromatic N) is 1. The van der Waals surface area contributed by atoms with Crippen molar-refractivity contribution in [1.29, 1.82) is 0 Å².